The molecule has 158 valence electrons. The number of carbonyl (C=O) groups is 2. The lowest BCUT2D eigenvalue weighted by atomic mass is 9.99. The number of nitrogens with zero attached hydrogens (tertiary/aromatic N) is 2. The van der Waals surface area contributed by atoms with E-state index in [1.165, 1.54) is 11.8 Å². The maximum Gasteiger partial charge on any atom is 0.324 e. The van der Waals surface area contributed by atoms with Gasteiger partial charge in [-0.05, 0) is 36.8 Å². The van der Waals surface area contributed by atoms with Crippen molar-refractivity contribution in [2.75, 3.05) is 12.4 Å². The van der Waals surface area contributed by atoms with E-state index in [-0.39, 0.29) is 17.1 Å². The third-order valence-electron chi connectivity index (χ3n) is 4.86. The van der Waals surface area contributed by atoms with Crippen molar-refractivity contribution in [2.45, 2.75) is 19.8 Å². The van der Waals surface area contributed by atoms with Crippen LogP contribution in [0.3, 0.4) is 0 Å². The lowest BCUT2D eigenvalue weighted by Crippen LogP contribution is -2.30. The molecule has 0 fully saturated rings. The number of hydrogen-bond acceptors (Lipinski definition) is 7. The first-order chi connectivity index (χ1) is 14.9. The van der Waals surface area contributed by atoms with E-state index in [1.54, 1.807) is 24.3 Å². The molecule has 4 rings (SSSR count). The van der Waals surface area contributed by atoms with Gasteiger partial charge in [-0.2, -0.15) is 4.68 Å². The van der Waals surface area contributed by atoms with E-state index in [0.717, 1.165) is 11.1 Å². The number of methoxy groups -OCH3 is 1. The summed E-state index contributed by atoms with van der Waals surface area (Å²) < 4.78 is 11.1. The Kier molecular flexibility index (Phi) is 5.48. The highest BCUT2D eigenvalue weighted by molar-refractivity contribution is 6.30. The summed E-state index contributed by atoms with van der Waals surface area (Å²) in [4.78, 5) is 37.0. The zero-order valence-corrected chi connectivity index (χ0v) is 17.5. The van der Waals surface area contributed by atoms with E-state index >= 15 is 0 Å². The van der Waals surface area contributed by atoms with Crippen molar-refractivity contribution in [1.29, 1.82) is 0 Å². The third-order valence-corrected chi connectivity index (χ3v) is 5.10. The fourth-order valence-electron chi connectivity index (χ4n) is 3.25. The molecule has 0 bridgehead atoms. The number of fused-ring (bicyclic) bond motifs is 2. The average molecular weight is 440 g/mol. The van der Waals surface area contributed by atoms with Crippen LogP contribution in [0.1, 0.15) is 23.1 Å². The lowest BCUT2D eigenvalue weighted by Gasteiger charge is -2.23. The molecule has 0 spiro atoms. The predicted molar refractivity (Wildman–Crippen MR) is 114 cm³/mol. The molecule has 2 heterocycles. The minimum absolute atomic E-state index is 0.116. The molecule has 3 aromatic rings. The molecule has 1 N–H and O–H groups in total. The first kappa shape index (κ1) is 20.6. The lowest BCUT2D eigenvalue weighted by molar-refractivity contribution is -0.148. The second-order valence-electron chi connectivity index (χ2n) is 7.04. The number of carbonyl (C=O) groups excluding carboxylic acids is 2. The topological polar surface area (TPSA) is 99.5 Å². The Balaban J connectivity index is 1.83. The molecule has 0 aliphatic carbocycles. The van der Waals surface area contributed by atoms with Gasteiger partial charge in [0.25, 0.3) is 11.4 Å². The standard InChI is InChI=1S/C22H18ClN3O5/c1-12-3-7-15(8-4-12)26-22(29)16-9-13-5-6-14(23)10-17(13)24-20(16)21(25-26)31-19(28)11-18(27)30-2/h3-8,10,24H,9,11H2,1-2H3. The third kappa shape index (κ3) is 4.15. The summed E-state index contributed by atoms with van der Waals surface area (Å²) in [7, 11) is 1.18. The Bertz CT molecular complexity index is 1250. The molecule has 0 radical (unpaired) electrons. The number of anilines is 2. The first-order valence-electron chi connectivity index (χ1n) is 9.42. The van der Waals surface area contributed by atoms with Gasteiger partial charge in [0.05, 0.1) is 18.4 Å². The van der Waals surface area contributed by atoms with Crippen LogP contribution in [-0.2, 0) is 20.7 Å². The number of rotatable bonds is 4. The van der Waals surface area contributed by atoms with E-state index < -0.39 is 18.4 Å². The fourth-order valence-corrected chi connectivity index (χ4v) is 3.43. The van der Waals surface area contributed by atoms with Crippen LogP contribution in [0.2, 0.25) is 5.02 Å². The summed E-state index contributed by atoms with van der Waals surface area (Å²) in [5.74, 6) is -1.71. The number of aromatic nitrogens is 2. The van der Waals surface area contributed by atoms with Crippen molar-refractivity contribution in [2.24, 2.45) is 0 Å². The van der Waals surface area contributed by atoms with Crippen LogP contribution in [0.5, 0.6) is 5.88 Å². The van der Waals surface area contributed by atoms with Crippen LogP contribution in [0.15, 0.2) is 47.3 Å². The van der Waals surface area contributed by atoms with Crippen molar-refractivity contribution in [3.63, 3.8) is 0 Å². The zero-order valence-electron chi connectivity index (χ0n) is 16.8. The van der Waals surface area contributed by atoms with Crippen LogP contribution in [-0.4, -0.2) is 28.8 Å². The highest BCUT2D eigenvalue weighted by Gasteiger charge is 2.27. The van der Waals surface area contributed by atoms with E-state index in [1.807, 2.05) is 25.1 Å². The number of ether oxygens (including phenoxy) is 2. The van der Waals surface area contributed by atoms with E-state index in [2.05, 4.69) is 15.2 Å². The van der Waals surface area contributed by atoms with Crippen molar-refractivity contribution in [3.8, 4) is 11.6 Å². The quantitative estimate of drug-likeness (QED) is 0.384. The van der Waals surface area contributed by atoms with Crippen LogP contribution >= 0.6 is 11.6 Å². The van der Waals surface area contributed by atoms with Crippen LogP contribution in [0, 0.1) is 6.92 Å². The summed E-state index contributed by atoms with van der Waals surface area (Å²) in [5.41, 5.74) is 3.38. The Morgan fingerprint density at radius 1 is 1.16 bits per heavy atom. The molecule has 1 aliphatic heterocycles. The largest absolute Gasteiger partial charge is 0.469 e. The van der Waals surface area contributed by atoms with Crippen molar-refractivity contribution < 1.29 is 19.1 Å². The van der Waals surface area contributed by atoms with Gasteiger partial charge < -0.3 is 14.8 Å². The van der Waals surface area contributed by atoms with E-state index in [9.17, 15) is 14.4 Å². The maximum absolute atomic E-state index is 13.3. The van der Waals surface area contributed by atoms with Crippen molar-refractivity contribution >= 4 is 34.9 Å². The molecule has 0 saturated carbocycles. The highest BCUT2D eigenvalue weighted by Crippen LogP contribution is 2.37. The molecule has 1 aliphatic rings. The molecule has 0 amide bonds. The smallest absolute Gasteiger partial charge is 0.324 e. The number of benzene rings is 2. The predicted octanol–water partition coefficient (Wildman–Crippen LogP) is 3.31. The van der Waals surface area contributed by atoms with E-state index in [4.69, 9.17) is 16.3 Å². The summed E-state index contributed by atoms with van der Waals surface area (Å²) >= 11 is 6.09. The number of nitrogens with one attached hydrogen (secondary N) is 1. The Labute approximate surface area is 182 Å². The van der Waals surface area contributed by atoms with Gasteiger partial charge in [-0.1, -0.05) is 35.4 Å². The summed E-state index contributed by atoms with van der Waals surface area (Å²) in [5, 5.41) is 7.88. The SMILES string of the molecule is COC(=O)CC(=O)Oc1nn(-c2ccc(C)cc2)c(=O)c2c1Nc1cc(Cl)ccc1C2. The van der Waals surface area contributed by atoms with Gasteiger partial charge in [-0.15, -0.1) is 5.10 Å². The summed E-state index contributed by atoms with van der Waals surface area (Å²) in [6.45, 7) is 1.93. The number of hydrogen-bond donors (Lipinski definition) is 1. The van der Waals surface area contributed by atoms with Crippen molar-refractivity contribution in [3.05, 3.63) is 74.5 Å². The highest BCUT2D eigenvalue weighted by atomic mass is 35.5. The Hall–Kier alpha value is -3.65. The maximum atomic E-state index is 13.3. The van der Waals surface area contributed by atoms with Crippen LogP contribution in [0.4, 0.5) is 11.4 Å². The number of esters is 2. The second kappa shape index (κ2) is 8.23. The molecule has 0 atom stereocenters. The Morgan fingerprint density at radius 2 is 1.90 bits per heavy atom. The molecule has 31 heavy (non-hydrogen) atoms. The second-order valence-corrected chi connectivity index (χ2v) is 7.48. The van der Waals surface area contributed by atoms with Crippen LogP contribution < -0.4 is 15.6 Å². The van der Waals surface area contributed by atoms with Gasteiger partial charge >= 0.3 is 11.9 Å². The number of halogens is 1. The molecule has 2 aromatic carbocycles. The van der Waals surface area contributed by atoms with Gasteiger partial charge in [0, 0.05) is 17.1 Å². The van der Waals surface area contributed by atoms with Gasteiger partial charge in [-0.3, -0.25) is 14.4 Å². The van der Waals surface area contributed by atoms with Crippen LogP contribution in [0.25, 0.3) is 5.69 Å². The molecule has 0 unspecified atom stereocenters. The monoisotopic (exact) mass is 439 g/mol. The normalized spacial score (nSPS) is 11.7. The molecule has 1 aromatic heterocycles. The molecule has 8 nitrogen and oxygen atoms in total. The van der Waals surface area contributed by atoms with Gasteiger partial charge in [0.1, 0.15) is 12.1 Å². The summed E-state index contributed by atoms with van der Waals surface area (Å²) in [6.07, 6.45) is -0.289. The minimum atomic E-state index is -0.852. The first-order valence-corrected chi connectivity index (χ1v) is 9.79. The van der Waals surface area contributed by atoms with Crippen molar-refractivity contribution in [1.82, 2.24) is 9.78 Å². The molecular formula is C22H18ClN3O5. The molecule has 0 saturated heterocycles. The van der Waals surface area contributed by atoms with Gasteiger partial charge in [-0.25, -0.2) is 0 Å². The fraction of sp³-hybridized carbons (Fsp3) is 0.182. The molecular weight excluding hydrogens is 422 g/mol. The average Bonchev–Trinajstić information content (AvgIpc) is 2.75. The summed E-state index contributed by atoms with van der Waals surface area (Å²) in [6, 6.07) is 12.5. The minimum Gasteiger partial charge on any atom is -0.469 e. The molecule has 9 heteroatoms. The van der Waals surface area contributed by atoms with Gasteiger partial charge in [0.2, 0.25) is 0 Å². The number of aryl methyl sites for hydroxylation is 1. The van der Waals surface area contributed by atoms with E-state index in [0.29, 0.717) is 28.4 Å². The van der Waals surface area contributed by atoms with Gasteiger partial charge in [0.15, 0.2) is 0 Å². The Morgan fingerprint density at radius 3 is 2.61 bits per heavy atom. The zero-order chi connectivity index (χ0) is 22.1.